The lowest BCUT2D eigenvalue weighted by molar-refractivity contribution is -0.150. The molecule has 1 N–H and O–H groups in total. The SMILES string of the molecule is CC(C)C(C)SC(CC(=O)O)C(F)(F)F. The van der Waals surface area contributed by atoms with Crippen LogP contribution in [0.15, 0.2) is 0 Å². The lowest BCUT2D eigenvalue weighted by atomic mass is 10.2. The smallest absolute Gasteiger partial charge is 0.401 e. The monoisotopic (exact) mass is 244 g/mol. The molecule has 90 valence electrons. The minimum atomic E-state index is -4.45. The molecule has 2 nitrogen and oxygen atoms in total. The van der Waals surface area contributed by atoms with Gasteiger partial charge in [-0.25, -0.2) is 0 Å². The first-order valence-corrected chi connectivity index (χ1v) is 5.52. The van der Waals surface area contributed by atoms with Gasteiger partial charge < -0.3 is 5.11 Å². The normalized spacial score (nSPS) is 16.5. The summed E-state index contributed by atoms with van der Waals surface area (Å²) in [5, 5.41) is 6.36. The zero-order valence-electron chi connectivity index (χ0n) is 8.84. The molecule has 0 aliphatic carbocycles. The van der Waals surface area contributed by atoms with E-state index in [0.29, 0.717) is 11.8 Å². The number of hydrogen-bond acceptors (Lipinski definition) is 2. The van der Waals surface area contributed by atoms with Gasteiger partial charge in [-0.05, 0) is 5.92 Å². The van der Waals surface area contributed by atoms with E-state index in [0.717, 1.165) is 0 Å². The van der Waals surface area contributed by atoms with Crippen LogP contribution in [0.3, 0.4) is 0 Å². The van der Waals surface area contributed by atoms with Crippen LogP contribution in [0.5, 0.6) is 0 Å². The van der Waals surface area contributed by atoms with Crippen molar-refractivity contribution in [3.63, 3.8) is 0 Å². The maximum atomic E-state index is 12.4. The fourth-order valence-corrected chi connectivity index (χ4v) is 2.04. The minimum absolute atomic E-state index is 0.0913. The van der Waals surface area contributed by atoms with Gasteiger partial charge in [-0.2, -0.15) is 13.2 Å². The van der Waals surface area contributed by atoms with E-state index in [9.17, 15) is 18.0 Å². The number of carboxylic acid groups (broad SMARTS) is 1. The number of alkyl halides is 3. The molecule has 0 amide bonds. The molecule has 0 rings (SSSR count). The summed E-state index contributed by atoms with van der Waals surface area (Å²) in [6.45, 7) is 5.30. The van der Waals surface area contributed by atoms with Crippen molar-refractivity contribution in [2.45, 2.75) is 43.9 Å². The average molecular weight is 244 g/mol. The largest absolute Gasteiger partial charge is 0.481 e. The predicted octanol–water partition coefficient (Wildman–Crippen LogP) is 3.17. The zero-order chi connectivity index (χ0) is 12.2. The molecule has 0 bridgehead atoms. The number of aliphatic carboxylic acids is 1. The minimum Gasteiger partial charge on any atom is -0.481 e. The number of halogens is 3. The van der Waals surface area contributed by atoms with Crippen molar-refractivity contribution in [2.75, 3.05) is 0 Å². The summed E-state index contributed by atoms with van der Waals surface area (Å²) in [5.74, 6) is -1.32. The van der Waals surface area contributed by atoms with Crippen molar-refractivity contribution < 1.29 is 23.1 Å². The van der Waals surface area contributed by atoms with Crippen LogP contribution in [0.1, 0.15) is 27.2 Å². The summed E-state index contributed by atoms with van der Waals surface area (Å²) in [6.07, 6.45) is -5.32. The average Bonchev–Trinajstić information content (AvgIpc) is 2.00. The van der Waals surface area contributed by atoms with Crippen LogP contribution >= 0.6 is 11.8 Å². The van der Waals surface area contributed by atoms with Gasteiger partial charge >= 0.3 is 12.1 Å². The first-order chi connectivity index (χ1) is 6.64. The Balaban J connectivity index is 4.45. The molecule has 0 saturated carbocycles. The Morgan fingerprint density at radius 1 is 1.33 bits per heavy atom. The van der Waals surface area contributed by atoms with Gasteiger partial charge in [0.15, 0.2) is 0 Å². The Morgan fingerprint density at radius 2 is 1.80 bits per heavy atom. The van der Waals surface area contributed by atoms with E-state index in [2.05, 4.69) is 0 Å². The quantitative estimate of drug-likeness (QED) is 0.807. The van der Waals surface area contributed by atoms with Gasteiger partial charge in [-0.15, -0.1) is 11.8 Å². The van der Waals surface area contributed by atoms with E-state index in [1.807, 2.05) is 13.8 Å². The van der Waals surface area contributed by atoms with Crippen LogP contribution in [-0.2, 0) is 4.79 Å². The highest BCUT2D eigenvalue weighted by Gasteiger charge is 2.42. The van der Waals surface area contributed by atoms with E-state index in [-0.39, 0.29) is 11.2 Å². The van der Waals surface area contributed by atoms with Gasteiger partial charge in [0, 0.05) is 5.25 Å². The Labute approximate surface area is 91.2 Å². The third-order valence-corrected chi connectivity index (χ3v) is 3.78. The molecule has 0 aromatic heterocycles. The first kappa shape index (κ1) is 14.6. The second-order valence-electron chi connectivity index (χ2n) is 3.71. The lowest BCUT2D eigenvalue weighted by Gasteiger charge is -2.23. The highest BCUT2D eigenvalue weighted by molar-refractivity contribution is 8.00. The summed E-state index contributed by atoms with van der Waals surface area (Å²) in [5.41, 5.74) is 0. The van der Waals surface area contributed by atoms with E-state index in [4.69, 9.17) is 5.11 Å². The van der Waals surface area contributed by atoms with Gasteiger partial charge in [0.2, 0.25) is 0 Å². The molecule has 0 aromatic rings. The van der Waals surface area contributed by atoms with Crippen LogP contribution in [0, 0.1) is 5.92 Å². The van der Waals surface area contributed by atoms with Gasteiger partial charge in [0.1, 0.15) is 5.25 Å². The molecule has 0 heterocycles. The number of carboxylic acids is 1. The maximum Gasteiger partial charge on any atom is 0.401 e. The van der Waals surface area contributed by atoms with E-state index >= 15 is 0 Å². The molecule has 2 atom stereocenters. The van der Waals surface area contributed by atoms with Crippen molar-refractivity contribution in [3.05, 3.63) is 0 Å². The van der Waals surface area contributed by atoms with E-state index < -0.39 is 23.8 Å². The Morgan fingerprint density at radius 3 is 2.07 bits per heavy atom. The fourth-order valence-electron chi connectivity index (χ4n) is 0.816. The lowest BCUT2D eigenvalue weighted by Crippen LogP contribution is -2.30. The summed E-state index contributed by atoms with van der Waals surface area (Å²) in [6, 6.07) is 0. The molecule has 0 aliphatic rings. The fraction of sp³-hybridized carbons (Fsp3) is 0.889. The molecule has 0 saturated heterocycles. The molecule has 0 radical (unpaired) electrons. The molecule has 0 aliphatic heterocycles. The Kier molecular flexibility index (Phi) is 5.48. The first-order valence-electron chi connectivity index (χ1n) is 4.58. The zero-order valence-corrected chi connectivity index (χ0v) is 9.65. The molecule has 0 aromatic carbocycles. The topological polar surface area (TPSA) is 37.3 Å². The maximum absolute atomic E-state index is 12.4. The van der Waals surface area contributed by atoms with Gasteiger partial charge in [-0.3, -0.25) is 4.79 Å². The standard InChI is InChI=1S/C9H15F3O2S/c1-5(2)6(3)15-7(4-8(13)14)9(10,11)12/h5-7H,4H2,1-3H3,(H,13,14). The van der Waals surface area contributed by atoms with Gasteiger partial charge in [-0.1, -0.05) is 20.8 Å². The summed E-state index contributed by atoms with van der Waals surface area (Å²) in [4.78, 5) is 10.3. The third kappa shape index (κ3) is 5.92. The van der Waals surface area contributed by atoms with Crippen LogP contribution in [0.4, 0.5) is 13.2 Å². The van der Waals surface area contributed by atoms with Crippen molar-refractivity contribution >= 4 is 17.7 Å². The van der Waals surface area contributed by atoms with Gasteiger partial charge in [0.25, 0.3) is 0 Å². The van der Waals surface area contributed by atoms with Crippen molar-refractivity contribution in [1.82, 2.24) is 0 Å². The molecule has 6 heteroatoms. The molecular formula is C9H15F3O2S. The summed E-state index contributed by atoms with van der Waals surface area (Å²) in [7, 11) is 0. The Hall–Kier alpha value is -0.390. The van der Waals surface area contributed by atoms with Crippen LogP contribution < -0.4 is 0 Å². The van der Waals surface area contributed by atoms with E-state index in [1.54, 1.807) is 6.92 Å². The van der Waals surface area contributed by atoms with E-state index in [1.165, 1.54) is 0 Å². The Bertz CT molecular complexity index is 216. The summed E-state index contributed by atoms with van der Waals surface area (Å²) < 4.78 is 37.3. The van der Waals surface area contributed by atoms with Crippen LogP contribution in [0.25, 0.3) is 0 Å². The van der Waals surface area contributed by atoms with Crippen molar-refractivity contribution in [3.8, 4) is 0 Å². The highest BCUT2D eigenvalue weighted by Crippen LogP contribution is 2.36. The second-order valence-corrected chi connectivity index (χ2v) is 5.30. The molecule has 15 heavy (non-hydrogen) atoms. The summed E-state index contributed by atoms with van der Waals surface area (Å²) >= 11 is 0.682. The number of carbonyl (C=O) groups is 1. The van der Waals surface area contributed by atoms with Crippen molar-refractivity contribution in [1.29, 1.82) is 0 Å². The molecule has 0 spiro atoms. The number of thioether (sulfide) groups is 1. The molecular weight excluding hydrogens is 229 g/mol. The number of hydrogen-bond donors (Lipinski definition) is 1. The molecule has 0 fully saturated rings. The number of rotatable bonds is 5. The predicted molar refractivity (Wildman–Crippen MR) is 54.0 cm³/mol. The van der Waals surface area contributed by atoms with Gasteiger partial charge in [0.05, 0.1) is 6.42 Å². The highest BCUT2D eigenvalue weighted by atomic mass is 32.2. The third-order valence-electron chi connectivity index (χ3n) is 2.04. The van der Waals surface area contributed by atoms with Crippen LogP contribution in [0.2, 0.25) is 0 Å². The molecule has 2 unspecified atom stereocenters. The second kappa shape index (κ2) is 5.63. The van der Waals surface area contributed by atoms with Crippen molar-refractivity contribution in [2.24, 2.45) is 5.92 Å². The van der Waals surface area contributed by atoms with Crippen LogP contribution in [-0.4, -0.2) is 27.8 Å².